The summed E-state index contributed by atoms with van der Waals surface area (Å²) in [6.45, 7) is 2.49. The van der Waals surface area contributed by atoms with E-state index in [1.807, 2.05) is 48.7 Å². The van der Waals surface area contributed by atoms with Crippen molar-refractivity contribution in [3.8, 4) is 22.5 Å². The standard InChI is InChI=1S/C29H26N6O3/c1-2-38-26(37)16-25(36)32-23-15-22(18-30-19-23)28-33-29(31-17-20-9-5-3-6-10-20)27-24(13-14-35(27)34-28)21-11-7-4-8-12-21/h3-15,18-19H,2,16-17H2,1H3,(H,32,36)(H,31,33,34). The highest BCUT2D eigenvalue weighted by Gasteiger charge is 2.16. The second kappa shape index (κ2) is 11.3. The van der Waals surface area contributed by atoms with E-state index >= 15 is 0 Å². The van der Waals surface area contributed by atoms with Crippen LogP contribution in [0.4, 0.5) is 11.5 Å². The van der Waals surface area contributed by atoms with E-state index in [-0.39, 0.29) is 13.0 Å². The number of nitrogens with one attached hydrogen (secondary N) is 2. The first-order chi connectivity index (χ1) is 18.6. The number of nitrogens with zero attached hydrogens (tertiary/aromatic N) is 4. The molecule has 3 heterocycles. The number of carbonyl (C=O) groups is 2. The highest BCUT2D eigenvalue weighted by atomic mass is 16.5. The fourth-order valence-corrected chi connectivity index (χ4v) is 4.08. The lowest BCUT2D eigenvalue weighted by molar-refractivity contribution is -0.145. The molecule has 0 aliphatic rings. The maximum atomic E-state index is 12.2. The van der Waals surface area contributed by atoms with Gasteiger partial charge in [0.05, 0.1) is 18.5 Å². The number of anilines is 2. The van der Waals surface area contributed by atoms with Crippen molar-refractivity contribution in [2.75, 3.05) is 17.2 Å². The van der Waals surface area contributed by atoms with Gasteiger partial charge in [-0.15, -0.1) is 5.10 Å². The zero-order valence-corrected chi connectivity index (χ0v) is 20.8. The molecule has 9 nitrogen and oxygen atoms in total. The van der Waals surface area contributed by atoms with Crippen molar-refractivity contribution in [1.29, 1.82) is 0 Å². The van der Waals surface area contributed by atoms with E-state index in [0.29, 0.717) is 29.4 Å². The Kier molecular flexibility index (Phi) is 7.35. The highest BCUT2D eigenvalue weighted by molar-refractivity contribution is 6.02. The van der Waals surface area contributed by atoms with Gasteiger partial charge < -0.3 is 15.4 Å². The summed E-state index contributed by atoms with van der Waals surface area (Å²) in [6.07, 6.45) is 4.65. The monoisotopic (exact) mass is 506 g/mol. The van der Waals surface area contributed by atoms with Crippen LogP contribution in [0.3, 0.4) is 0 Å². The van der Waals surface area contributed by atoms with Crippen LogP contribution in [-0.2, 0) is 20.9 Å². The van der Waals surface area contributed by atoms with Gasteiger partial charge in [0.1, 0.15) is 11.9 Å². The van der Waals surface area contributed by atoms with Crippen LogP contribution in [0.25, 0.3) is 28.0 Å². The highest BCUT2D eigenvalue weighted by Crippen LogP contribution is 2.31. The zero-order valence-electron chi connectivity index (χ0n) is 20.8. The molecule has 5 rings (SSSR count). The Morgan fingerprint density at radius 1 is 0.947 bits per heavy atom. The summed E-state index contributed by atoms with van der Waals surface area (Å²) in [7, 11) is 0. The number of carbonyl (C=O) groups excluding carboxylic acids is 2. The van der Waals surface area contributed by atoms with Crippen LogP contribution in [0.5, 0.6) is 0 Å². The van der Waals surface area contributed by atoms with E-state index in [1.165, 1.54) is 6.20 Å². The summed E-state index contributed by atoms with van der Waals surface area (Å²) >= 11 is 0. The smallest absolute Gasteiger partial charge is 0.315 e. The van der Waals surface area contributed by atoms with Crippen LogP contribution in [0.15, 0.2) is 91.4 Å². The summed E-state index contributed by atoms with van der Waals surface area (Å²) in [5, 5.41) is 10.9. The van der Waals surface area contributed by atoms with Crippen LogP contribution < -0.4 is 10.6 Å². The topological polar surface area (TPSA) is 111 Å². The van der Waals surface area contributed by atoms with E-state index in [0.717, 1.165) is 22.2 Å². The largest absolute Gasteiger partial charge is 0.466 e. The van der Waals surface area contributed by atoms with Crippen LogP contribution in [0.2, 0.25) is 0 Å². The summed E-state index contributed by atoms with van der Waals surface area (Å²) in [5.74, 6) is 0.0254. The molecule has 0 saturated carbocycles. The Bertz CT molecular complexity index is 1570. The van der Waals surface area contributed by atoms with Crippen molar-refractivity contribution in [2.24, 2.45) is 0 Å². The van der Waals surface area contributed by atoms with Crippen molar-refractivity contribution < 1.29 is 14.3 Å². The molecule has 2 N–H and O–H groups in total. The lowest BCUT2D eigenvalue weighted by Gasteiger charge is -2.12. The number of hydrogen-bond donors (Lipinski definition) is 2. The van der Waals surface area contributed by atoms with E-state index in [9.17, 15) is 9.59 Å². The van der Waals surface area contributed by atoms with Crippen molar-refractivity contribution in [1.82, 2.24) is 19.6 Å². The molecule has 9 heteroatoms. The molecular weight excluding hydrogens is 480 g/mol. The molecule has 5 aromatic rings. The molecule has 2 aromatic carbocycles. The van der Waals surface area contributed by atoms with Gasteiger partial charge in [0.2, 0.25) is 5.91 Å². The van der Waals surface area contributed by atoms with Crippen LogP contribution in [-0.4, -0.2) is 38.1 Å². The molecule has 0 unspecified atom stereocenters. The molecule has 3 aromatic heterocycles. The van der Waals surface area contributed by atoms with Crippen LogP contribution in [0, 0.1) is 0 Å². The number of esters is 1. The normalized spacial score (nSPS) is 10.8. The van der Waals surface area contributed by atoms with Gasteiger partial charge in [0.25, 0.3) is 0 Å². The van der Waals surface area contributed by atoms with Crippen molar-refractivity contribution in [3.63, 3.8) is 0 Å². The van der Waals surface area contributed by atoms with E-state index in [4.69, 9.17) is 14.8 Å². The quantitative estimate of drug-likeness (QED) is 0.215. The first-order valence-corrected chi connectivity index (χ1v) is 12.2. The Hall–Kier alpha value is -5.05. The maximum Gasteiger partial charge on any atom is 0.315 e. The fourth-order valence-electron chi connectivity index (χ4n) is 4.08. The molecule has 38 heavy (non-hydrogen) atoms. The molecule has 0 radical (unpaired) electrons. The molecule has 1 amide bonds. The number of aromatic nitrogens is 4. The van der Waals surface area contributed by atoms with Gasteiger partial charge >= 0.3 is 5.97 Å². The third-order valence-electron chi connectivity index (χ3n) is 5.79. The molecule has 0 saturated heterocycles. The Morgan fingerprint density at radius 2 is 1.71 bits per heavy atom. The third-order valence-corrected chi connectivity index (χ3v) is 5.79. The molecule has 0 aliphatic carbocycles. The SMILES string of the molecule is CCOC(=O)CC(=O)Nc1cncc(-c2nc(NCc3ccccc3)c3c(-c4ccccc4)ccn3n2)c1. The van der Waals surface area contributed by atoms with Gasteiger partial charge in [-0.1, -0.05) is 60.7 Å². The molecule has 0 bridgehead atoms. The minimum Gasteiger partial charge on any atom is -0.466 e. The second-order valence-corrected chi connectivity index (χ2v) is 8.50. The molecule has 190 valence electrons. The minimum atomic E-state index is -0.584. The summed E-state index contributed by atoms with van der Waals surface area (Å²) < 4.78 is 6.64. The predicted octanol–water partition coefficient (Wildman–Crippen LogP) is 4.96. The van der Waals surface area contributed by atoms with Gasteiger partial charge in [-0.3, -0.25) is 14.6 Å². The molecule has 0 atom stereocenters. The molecule has 0 aliphatic heterocycles. The molecule has 0 fully saturated rings. The van der Waals surface area contributed by atoms with E-state index < -0.39 is 11.9 Å². The Labute approximate surface area is 219 Å². The second-order valence-electron chi connectivity index (χ2n) is 8.50. The number of ether oxygens (including phenoxy) is 1. The number of pyridine rings is 1. The van der Waals surface area contributed by atoms with Gasteiger partial charge in [-0.2, -0.15) is 0 Å². The lowest BCUT2D eigenvalue weighted by atomic mass is 10.1. The van der Waals surface area contributed by atoms with E-state index in [1.54, 1.807) is 23.7 Å². The third kappa shape index (κ3) is 5.67. The number of benzene rings is 2. The van der Waals surface area contributed by atoms with Crippen molar-refractivity contribution >= 4 is 28.9 Å². The van der Waals surface area contributed by atoms with Crippen molar-refractivity contribution in [3.05, 3.63) is 97.0 Å². The minimum absolute atomic E-state index is 0.217. The fraction of sp³-hybridized carbons (Fsp3) is 0.138. The number of hydrogen-bond acceptors (Lipinski definition) is 7. The average molecular weight is 507 g/mol. The van der Waals surface area contributed by atoms with Gasteiger partial charge in [-0.05, 0) is 30.2 Å². The molecular formula is C29H26N6O3. The zero-order chi connectivity index (χ0) is 26.3. The Balaban J connectivity index is 1.49. The van der Waals surface area contributed by atoms with Gasteiger partial charge in [0, 0.05) is 30.1 Å². The summed E-state index contributed by atoms with van der Waals surface area (Å²) in [5.41, 5.74) is 5.07. The number of fused-ring (bicyclic) bond motifs is 1. The summed E-state index contributed by atoms with van der Waals surface area (Å²) in [6, 6.07) is 23.9. The lowest BCUT2D eigenvalue weighted by Crippen LogP contribution is -2.18. The van der Waals surface area contributed by atoms with Crippen LogP contribution in [0.1, 0.15) is 18.9 Å². The Morgan fingerprint density at radius 3 is 2.47 bits per heavy atom. The van der Waals surface area contributed by atoms with E-state index in [2.05, 4.69) is 39.9 Å². The average Bonchev–Trinajstić information content (AvgIpc) is 3.37. The summed E-state index contributed by atoms with van der Waals surface area (Å²) in [4.78, 5) is 33.0. The van der Waals surface area contributed by atoms with Gasteiger partial charge in [-0.25, -0.2) is 9.50 Å². The maximum absolute atomic E-state index is 12.2. The van der Waals surface area contributed by atoms with Gasteiger partial charge in [0.15, 0.2) is 11.6 Å². The first kappa shape index (κ1) is 24.6. The first-order valence-electron chi connectivity index (χ1n) is 12.2. The predicted molar refractivity (Wildman–Crippen MR) is 145 cm³/mol. The molecule has 0 spiro atoms. The number of rotatable bonds is 9. The number of amides is 1. The van der Waals surface area contributed by atoms with Crippen molar-refractivity contribution in [2.45, 2.75) is 19.9 Å². The van der Waals surface area contributed by atoms with Crippen LogP contribution >= 0.6 is 0 Å².